The molecule has 0 radical (unpaired) electrons. The molecule has 13 heteroatoms. The molecule has 0 saturated heterocycles. The van der Waals surface area contributed by atoms with E-state index in [9.17, 15) is 41.0 Å². The van der Waals surface area contributed by atoms with Crippen LogP contribution >= 0.6 is 0 Å². The topological polar surface area (TPSA) is 82.0 Å². The van der Waals surface area contributed by atoms with Crippen LogP contribution in [0.5, 0.6) is 0 Å². The van der Waals surface area contributed by atoms with Gasteiger partial charge in [-0.3, -0.25) is 13.9 Å². The first kappa shape index (κ1) is 24.8. The maximum Gasteiger partial charge on any atom is 0.426 e. The minimum Gasteiger partial charge on any atom is -0.373 e. The van der Waals surface area contributed by atoms with Crippen molar-refractivity contribution in [2.24, 2.45) is 24.8 Å². The number of halogens is 6. The van der Waals surface area contributed by atoms with Crippen molar-refractivity contribution in [2.75, 3.05) is 0 Å². The lowest BCUT2D eigenvalue weighted by molar-refractivity contribution is -0.387. The smallest absolute Gasteiger partial charge is 0.373 e. The Kier molecular flexibility index (Phi) is 6.14. The van der Waals surface area contributed by atoms with Gasteiger partial charge in [-0.1, -0.05) is 6.42 Å². The molecule has 34 heavy (non-hydrogen) atoms. The van der Waals surface area contributed by atoms with E-state index in [-0.39, 0.29) is 30.6 Å². The molecule has 2 aromatic rings. The van der Waals surface area contributed by atoms with Crippen LogP contribution in [0.4, 0.5) is 26.3 Å². The van der Waals surface area contributed by atoms with Crippen molar-refractivity contribution < 1.29 is 31.4 Å². The summed E-state index contributed by atoms with van der Waals surface area (Å²) in [6, 6.07) is 0. The van der Waals surface area contributed by atoms with Gasteiger partial charge >= 0.3 is 18.0 Å². The number of aliphatic hydroxyl groups is 1. The third-order valence-corrected chi connectivity index (χ3v) is 7.52. The molecule has 0 unspecified atom stereocenters. The number of imidazole rings is 1. The Hall–Kier alpha value is -2.31. The molecule has 0 aromatic carbocycles. The summed E-state index contributed by atoms with van der Waals surface area (Å²) in [6.07, 6.45) is -8.28. The molecule has 2 aromatic heterocycles. The molecular formula is C21H26F6N4O3. The average molecular weight is 496 g/mol. The largest absolute Gasteiger partial charge is 0.426 e. The third-order valence-electron chi connectivity index (χ3n) is 7.52. The van der Waals surface area contributed by atoms with Gasteiger partial charge in [-0.15, -0.1) is 0 Å². The fraction of sp³-hybridized carbons (Fsp3) is 0.762. The van der Waals surface area contributed by atoms with Crippen LogP contribution in [-0.2, 0) is 20.1 Å². The summed E-state index contributed by atoms with van der Waals surface area (Å²) in [4.78, 5) is 30.2. The van der Waals surface area contributed by atoms with Crippen LogP contribution in [-0.4, -0.2) is 41.7 Å². The van der Waals surface area contributed by atoms with Crippen molar-refractivity contribution in [1.82, 2.24) is 18.7 Å². The van der Waals surface area contributed by atoms with Crippen LogP contribution in [0, 0.1) is 17.8 Å². The molecule has 7 nitrogen and oxygen atoms in total. The zero-order valence-corrected chi connectivity index (χ0v) is 18.5. The molecule has 2 aliphatic rings. The van der Waals surface area contributed by atoms with E-state index in [1.54, 1.807) is 4.57 Å². The Labute approximate surface area is 190 Å². The van der Waals surface area contributed by atoms with Crippen molar-refractivity contribution in [3.05, 3.63) is 27.2 Å². The molecule has 2 heterocycles. The van der Waals surface area contributed by atoms with E-state index in [0.717, 1.165) is 23.8 Å². The maximum atomic E-state index is 13.2. The average Bonchev–Trinajstić information content (AvgIpc) is 3.14. The Morgan fingerprint density at radius 3 is 2.00 bits per heavy atom. The Morgan fingerprint density at radius 2 is 1.50 bits per heavy atom. The van der Waals surface area contributed by atoms with Gasteiger partial charge in [-0.05, 0) is 50.4 Å². The van der Waals surface area contributed by atoms with E-state index in [0.29, 0.717) is 12.5 Å². The highest BCUT2D eigenvalue weighted by Crippen LogP contribution is 2.52. The first-order chi connectivity index (χ1) is 15.8. The first-order valence-electron chi connectivity index (χ1n) is 11.3. The monoisotopic (exact) mass is 496 g/mol. The van der Waals surface area contributed by atoms with Gasteiger partial charge in [0.25, 0.3) is 11.2 Å². The van der Waals surface area contributed by atoms with Crippen LogP contribution < -0.4 is 11.2 Å². The van der Waals surface area contributed by atoms with Gasteiger partial charge in [-0.2, -0.15) is 26.3 Å². The standard InChI is InChI=1S/C21H26F6N4O3/c1-29-16-15(30(11-28-16)9-12-3-2-4-12)17(32)31(18(29)33)10-13-5-7-14(8-6-13)19(34,20(22,23)24)21(25,26)27/h11-14,34H,2-10H2,1H3. The predicted octanol–water partition coefficient (Wildman–Crippen LogP) is 3.36. The summed E-state index contributed by atoms with van der Waals surface area (Å²) in [7, 11) is 1.46. The second kappa shape index (κ2) is 8.42. The minimum absolute atomic E-state index is 0.0892. The van der Waals surface area contributed by atoms with Crippen molar-refractivity contribution in [3.63, 3.8) is 0 Å². The number of fused-ring (bicyclic) bond motifs is 1. The van der Waals surface area contributed by atoms with E-state index in [4.69, 9.17) is 0 Å². The van der Waals surface area contributed by atoms with Gasteiger partial charge in [0.15, 0.2) is 11.2 Å². The zero-order valence-electron chi connectivity index (χ0n) is 18.5. The minimum atomic E-state index is -5.86. The summed E-state index contributed by atoms with van der Waals surface area (Å²) in [5.74, 6) is -2.11. The Bertz CT molecular complexity index is 1150. The van der Waals surface area contributed by atoms with Crippen LogP contribution in [0.15, 0.2) is 15.9 Å². The van der Waals surface area contributed by atoms with Gasteiger partial charge in [0.2, 0.25) is 0 Å². The number of hydrogen-bond acceptors (Lipinski definition) is 4. The number of rotatable bonds is 5. The summed E-state index contributed by atoms with van der Waals surface area (Å²) in [5, 5.41) is 9.66. The maximum absolute atomic E-state index is 13.2. The molecule has 2 fully saturated rings. The molecule has 1 N–H and O–H groups in total. The lowest BCUT2D eigenvalue weighted by Gasteiger charge is -2.42. The molecule has 4 rings (SSSR count). The summed E-state index contributed by atoms with van der Waals surface area (Å²) >= 11 is 0. The summed E-state index contributed by atoms with van der Waals surface area (Å²) in [6.45, 7) is 0.460. The highest BCUT2D eigenvalue weighted by molar-refractivity contribution is 5.69. The van der Waals surface area contributed by atoms with Crippen molar-refractivity contribution in [1.29, 1.82) is 0 Å². The van der Waals surface area contributed by atoms with E-state index in [1.165, 1.54) is 17.9 Å². The van der Waals surface area contributed by atoms with E-state index >= 15 is 0 Å². The lowest BCUT2D eigenvalue weighted by atomic mass is 9.72. The van der Waals surface area contributed by atoms with Gasteiger partial charge in [0.1, 0.15) is 0 Å². The quantitative estimate of drug-likeness (QED) is 0.644. The van der Waals surface area contributed by atoms with Crippen LogP contribution in [0.25, 0.3) is 11.2 Å². The fourth-order valence-corrected chi connectivity index (χ4v) is 5.22. The van der Waals surface area contributed by atoms with Crippen LogP contribution in [0.1, 0.15) is 44.9 Å². The number of hydrogen-bond donors (Lipinski definition) is 1. The molecular weight excluding hydrogens is 470 g/mol. The normalized spacial score (nSPS) is 22.8. The number of alkyl halides is 6. The molecule has 2 saturated carbocycles. The SMILES string of the molecule is Cn1c(=O)n(CC2CCC(C(O)(C(F)(F)F)C(F)(F)F)CC2)c(=O)c2c1ncn2CC1CCC1. The van der Waals surface area contributed by atoms with Crippen molar-refractivity contribution in [3.8, 4) is 0 Å². The summed E-state index contributed by atoms with van der Waals surface area (Å²) in [5.41, 5.74) is -5.51. The van der Waals surface area contributed by atoms with E-state index in [1.807, 2.05) is 0 Å². The molecule has 0 amide bonds. The number of nitrogens with zero attached hydrogens (tertiary/aromatic N) is 4. The van der Waals surface area contributed by atoms with Crippen molar-refractivity contribution >= 4 is 11.2 Å². The zero-order chi connectivity index (χ0) is 25.1. The lowest BCUT2D eigenvalue weighted by Crippen LogP contribution is -2.62. The molecule has 190 valence electrons. The highest BCUT2D eigenvalue weighted by atomic mass is 19.4. The van der Waals surface area contributed by atoms with Gasteiger partial charge in [0, 0.05) is 26.1 Å². The molecule has 0 spiro atoms. The van der Waals surface area contributed by atoms with Crippen LogP contribution in [0.2, 0.25) is 0 Å². The van der Waals surface area contributed by atoms with Gasteiger partial charge < -0.3 is 9.67 Å². The molecule has 0 aliphatic heterocycles. The highest BCUT2D eigenvalue weighted by Gasteiger charge is 2.73. The Balaban J connectivity index is 1.57. The molecule has 0 bridgehead atoms. The van der Waals surface area contributed by atoms with Crippen LogP contribution in [0.3, 0.4) is 0 Å². The number of aromatic nitrogens is 4. The second-order valence-electron chi connectivity index (χ2n) is 9.60. The van der Waals surface area contributed by atoms with Crippen molar-refractivity contribution in [2.45, 2.75) is 76.0 Å². The van der Waals surface area contributed by atoms with Gasteiger partial charge in [-0.25, -0.2) is 9.78 Å². The molecule has 0 atom stereocenters. The summed E-state index contributed by atoms with van der Waals surface area (Å²) < 4.78 is 83.1. The van der Waals surface area contributed by atoms with E-state index in [2.05, 4.69) is 4.98 Å². The number of aryl methyl sites for hydroxylation is 1. The molecule has 2 aliphatic carbocycles. The second-order valence-corrected chi connectivity index (χ2v) is 9.60. The third kappa shape index (κ3) is 3.95. The Morgan fingerprint density at radius 1 is 0.941 bits per heavy atom. The predicted molar refractivity (Wildman–Crippen MR) is 109 cm³/mol. The fourth-order valence-electron chi connectivity index (χ4n) is 5.22. The first-order valence-corrected chi connectivity index (χ1v) is 11.3. The van der Waals surface area contributed by atoms with Gasteiger partial charge in [0.05, 0.1) is 6.33 Å². The van der Waals surface area contributed by atoms with E-state index < -0.39 is 53.9 Å².